The van der Waals surface area contributed by atoms with Crippen molar-refractivity contribution in [3.63, 3.8) is 0 Å². The Hall–Kier alpha value is -2.63. The second-order valence-electron chi connectivity index (χ2n) is 7.34. The zero-order valence-electron chi connectivity index (χ0n) is 15.0. The second kappa shape index (κ2) is 5.97. The number of para-hydroxylation sites is 2. The predicted molar refractivity (Wildman–Crippen MR) is 99.0 cm³/mol. The number of benzene rings is 1. The van der Waals surface area contributed by atoms with Crippen LogP contribution in [0.3, 0.4) is 0 Å². The molecule has 6 nitrogen and oxygen atoms in total. The van der Waals surface area contributed by atoms with Crippen LogP contribution < -0.4 is 0 Å². The number of carbonyl (C=O) groups is 1. The zero-order valence-corrected chi connectivity index (χ0v) is 15.0. The molecule has 0 bridgehead atoms. The predicted octanol–water partition coefficient (Wildman–Crippen LogP) is 3.63. The van der Waals surface area contributed by atoms with Crippen molar-refractivity contribution >= 4 is 16.9 Å². The Kier molecular flexibility index (Phi) is 3.58. The van der Waals surface area contributed by atoms with Gasteiger partial charge in [-0.3, -0.25) is 9.89 Å². The van der Waals surface area contributed by atoms with Crippen LogP contribution in [0.1, 0.15) is 66.6 Å². The standard InChI is InChI=1S/C20H23N5O/c1-2-24-17-7-4-3-6-14(17)21-19(24)18-8-5-11-25(18)20(26)16-12-15(22-23-16)13-9-10-13/h3-4,6-7,12-13,18H,2,5,8-11H2,1H3,(H,22,23)/t18-/m1/s1. The highest BCUT2D eigenvalue weighted by Crippen LogP contribution is 2.39. The van der Waals surface area contributed by atoms with Crippen molar-refractivity contribution in [3.05, 3.63) is 47.5 Å². The fraction of sp³-hybridized carbons (Fsp3) is 0.450. The molecular weight excluding hydrogens is 326 g/mol. The van der Waals surface area contributed by atoms with E-state index in [4.69, 9.17) is 4.98 Å². The van der Waals surface area contributed by atoms with Gasteiger partial charge in [0.2, 0.25) is 0 Å². The number of likely N-dealkylation sites (tertiary alicyclic amines) is 1. The summed E-state index contributed by atoms with van der Waals surface area (Å²) in [5.74, 6) is 1.59. The molecule has 2 fully saturated rings. The second-order valence-corrected chi connectivity index (χ2v) is 7.34. The molecule has 1 N–H and O–H groups in total. The Balaban J connectivity index is 1.49. The van der Waals surface area contributed by atoms with E-state index in [1.165, 1.54) is 12.8 Å². The van der Waals surface area contributed by atoms with E-state index in [1.54, 1.807) is 0 Å². The van der Waals surface area contributed by atoms with Gasteiger partial charge in [0, 0.05) is 24.7 Å². The number of aromatic nitrogens is 4. The number of amides is 1. The summed E-state index contributed by atoms with van der Waals surface area (Å²) in [4.78, 5) is 19.9. The number of imidazole rings is 1. The molecule has 0 radical (unpaired) electrons. The maximum atomic E-state index is 13.1. The topological polar surface area (TPSA) is 66.8 Å². The summed E-state index contributed by atoms with van der Waals surface area (Å²) >= 11 is 0. The lowest BCUT2D eigenvalue weighted by Gasteiger charge is -2.24. The van der Waals surface area contributed by atoms with Crippen LogP contribution in [0.25, 0.3) is 11.0 Å². The number of nitrogens with zero attached hydrogens (tertiary/aromatic N) is 4. The Morgan fingerprint density at radius 2 is 2.12 bits per heavy atom. The number of H-pyrrole nitrogens is 1. The van der Waals surface area contributed by atoms with E-state index in [0.717, 1.165) is 48.5 Å². The maximum Gasteiger partial charge on any atom is 0.274 e. The molecule has 1 atom stereocenters. The maximum absolute atomic E-state index is 13.1. The van der Waals surface area contributed by atoms with Gasteiger partial charge in [0.1, 0.15) is 11.5 Å². The molecule has 1 aliphatic heterocycles. The molecule has 1 aliphatic carbocycles. The van der Waals surface area contributed by atoms with Gasteiger partial charge in [-0.1, -0.05) is 12.1 Å². The number of carbonyl (C=O) groups excluding carboxylic acids is 1. The summed E-state index contributed by atoms with van der Waals surface area (Å²) in [5.41, 5.74) is 3.78. The third kappa shape index (κ3) is 2.43. The Morgan fingerprint density at radius 3 is 2.92 bits per heavy atom. The van der Waals surface area contributed by atoms with E-state index < -0.39 is 0 Å². The zero-order chi connectivity index (χ0) is 17.7. The number of aryl methyl sites for hydroxylation is 1. The number of hydrogen-bond donors (Lipinski definition) is 1. The molecular formula is C20H23N5O. The first kappa shape index (κ1) is 15.6. The molecule has 0 unspecified atom stereocenters. The van der Waals surface area contributed by atoms with Crippen molar-refractivity contribution in [2.45, 2.75) is 51.1 Å². The van der Waals surface area contributed by atoms with E-state index in [0.29, 0.717) is 11.6 Å². The minimum absolute atomic E-state index is 0.0189. The van der Waals surface area contributed by atoms with Crippen molar-refractivity contribution < 1.29 is 4.79 Å². The summed E-state index contributed by atoms with van der Waals surface area (Å²) < 4.78 is 2.24. The Bertz CT molecular complexity index is 968. The van der Waals surface area contributed by atoms with Crippen LogP contribution in [-0.2, 0) is 6.54 Å². The lowest BCUT2D eigenvalue weighted by atomic mass is 10.2. The molecule has 5 rings (SSSR count). The van der Waals surface area contributed by atoms with Gasteiger partial charge in [0.25, 0.3) is 5.91 Å². The number of rotatable bonds is 4. The Morgan fingerprint density at radius 1 is 1.27 bits per heavy atom. The van der Waals surface area contributed by atoms with Gasteiger partial charge in [-0.05, 0) is 50.8 Å². The van der Waals surface area contributed by atoms with Crippen LogP contribution in [0.4, 0.5) is 0 Å². The monoisotopic (exact) mass is 349 g/mol. The quantitative estimate of drug-likeness (QED) is 0.782. The number of aromatic amines is 1. The molecule has 2 aromatic heterocycles. The first-order chi connectivity index (χ1) is 12.8. The molecule has 134 valence electrons. The fourth-order valence-corrected chi connectivity index (χ4v) is 4.16. The van der Waals surface area contributed by atoms with E-state index in [2.05, 4.69) is 27.8 Å². The molecule has 26 heavy (non-hydrogen) atoms. The van der Waals surface area contributed by atoms with E-state index in [1.807, 2.05) is 29.2 Å². The van der Waals surface area contributed by atoms with Crippen molar-refractivity contribution in [2.24, 2.45) is 0 Å². The van der Waals surface area contributed by atoms with Gasteiger partial charge in [-0.25, -0.2) is 4.98 Å². The highest BCUT2D eigenvalue weighted by molar-refractivity contribution is 5.93. The van der Waals surface area contributed by atoms with Gasteiger partial charge in [0.15, 0.2) is 0 Å². The summed E-state index contributed by atoms with van der Waals surface area (Å²) in [6.45, 7) is 3.75. The minimum Gasteiger partial charge on any atom is -0.327 e. The van der Waals surface area contributed by atoms with Crippen LogP contribution >= 0.6 is 0 Å². The fourth-order valence-electron chi connectivity index (χ4n) is 4.16. The molecule has 0 spiro atoms. The molecule has 1 amide bonds. The minimum atomic E-state index is 0.0189. The molecule has 2 aliphatic rings. The van der Waals surface area contributed by atoms with Crippen LogP contribution in [0, 0.1) is 0 Å². The summed E-state index contributed by atoms with van der Waals surface area (Å²) in [6, 6.07) is 10.2. The van der Waals surface area contributed by atoms with Gasteiger partial charge >= 0.3 is 0 Å². The number of nitrogens with one attached hydrogen (secondary N) is 1. The molecule has 3 aromatic rings. The molecule has 1 saturated carbocycles. The summed E-state index contributed by atoms with van der Waals surface area (Å²) in [5, 5.41) is 7.34. The van der Waals surface area contributed by atoms with Crippen molar-refractivity contribution in [3.8, 4) is 0 Å². The van der Waals surface area contributed by atoms with Gasteiger partial charge in [-0.15, -0.1) is 0 Å². The molecule has 1 saturated heterocycles. The van der Waals surface area contributed by atoms with E-state index >= 15 is 0 Å². The van der Waals surface area contributed by atoms with Crippen molar-refractivity contribution in [1.29, 1.82) is 0 Å². The number of hydrogen-bond acceptors (Lipinski definition) is 3. The largest absolute Gasteiger partial charge is 0.327 e. The van der Waals surface area contributed by atoms with Crippen molar-refractivity contribution in [2.75, 3.05) is 6.54 Å². The summed E-state index contributed by atoms with van der Waals surface area (Å²) in [6.07, 6.45) is 4.35. The van der Waals surface area contributed by atoms with Crippen LogP contribution in [0.15, 0.2) is 30.3 Å². The first-order valence-electron chi connectivity index (χ1n) is 9.57. The lowest BCUT2D eigenvalue weighted by molar-refractivity contribution is 0.0722. The Labute approximate surface area is 152 Å². The number of fused-ring (bicyclic) bond motifs is 1. The average molecular weight is 349 g/mol. The smallest absolute Gasteiger partial charge is 0.274 e. The van der Waals surface area contributed by atoms with Crippen LogP contribution in [0.5, 0.6) is 0 Å². The third-order valence-corrected chi connectivity index (χ3v) is 5.65. The van der Waals surface area contributed by atoms with Gasteiger partial charge in [-0.2, -0.15) is 5.10 Å². The SMILES string of the molecule is CCn1c([C@H]2CCCN2C(=O)c2cc(C3CC3)[nH]n2)nc2ccccc21. The lowest BCUT2D eigenvalue weighted by Crippen LogP contribution is -2.32. The normalized spacial score (nSPS) is 20.2. The van der Waals surface area contributed by atoms with Gasteiger partial charge in [0.05, 0.1) is 17.1 Å². The molecule has 6 heteroatoms. The highest BCUT2D eigenvalue weighted by atomic mass is 16.2. The van der Waals surface area contributed by atoms with Crippen LogP contribution in [0.2, 0.25) is 0 Å². The van der Waals surface area contributed by atoms with Crippen molar-refractivity contribution in [1.82, 2.24) is 24.6 Å². The van der Waals surface area contributed by atoms with Crippen LogP contribution in [-0.4, -0.2) is 37.1 Å². The summed E-state index contributed by atoms with van der Waals surface area (Å²) in [7, 11) is 0. The highest BCUT2D eigenvalue weighted by Gasteiger charge is 2.35. The third-order valence-electron chi connectivity index (χ3n) is 5.65. The van der Waals surface area contributed by atoms with E-state index in [9.17, 15) is 4.79 Å². The van der Waals surface area contributed by atoms with E-state index in [-0.39, 0.29) is 11.9 Å². The molecule has 1 aromatic carbocycles. The average Bonchev–Trinajstić information content (AvgIpc) is 3.12. The van der Waals surface area contributed by atoms with Gasteiger partial charge < -0.3 is 9.47 Å². The first-order valence-corrected chi connectivity index (χ1v) is 9.57. The molecule has 3 heterocycles.